The number of hydrogen-bond acceptors (Lipinski definition) is 5. The second-order valence-electron chi connectivity index (χ2n) is 8.18. The molecule has 3 heterocycles. The number of halogens is 1. The lowest BCUT2D eigenvalue weighted by Crippen LogP contribution is -2.06. The van der Waals surface area contributed by atoms with Crippen LogP contribution in [-0.4, -0.2) is 29.5 Å². The highest BCUT2D eigenvalue weighted by molar-refractivity contribution is 5.71. The number of benzene rings is 1. The Morgan fingerprint density at radius 3 is 2.48 bits per heavy atom. The number of rotatable bonds is 6. The zero-order chi connectivity index (χ0) is 21.5. The number of nitrogens with one attached hydrogen (secondary N) is 1. The highest BCUT2D eigenvalue weighted by atomic mass is 19.1. The third-order valence-electron chi connectivity index (χ3n) is 5.56. The highest BCUT2D eigenvalue weighted by Crippen LogP contribution is 2.35. The Balaban J connectivity index is 1.50. The molecule has 1 N–H and O–H groups in total. The number of anilines is 2. The van der Waals surface area contributed by atoms with Gasteiger partial charge in [-0.25, -0.2) is 19.0 Å². The lowest BCUT2D eigenvalue weighted by molar-refractivity contribution is 0.570. The fourth-order valence-electron chi connectivity index (χ4n) is 3.83. The average Bonchev–Trinajstić information content (AvgIpc) is 3.43. The normalized spacial score (nSPS) is 13.5. The lowest BCUT2D eigenvalue weighted by atomic mass is 10.1. The van der Waals surface area contributed by atoms with Gasteiger partial charge in [-0.05, 0) is 69.9 Å². The summed E-state index contributed by atoms with van der Waals surface area (Å²) in [7, 11) is 0. The second kappa shape index (κ2) is 7.61. The maximum Gasteiger partial charge on any atom is 0.159 e. The van der Waals surface area contributed by atoms with Crippen molar-refractivity contribution < 1.29 is 4.39 Å². The van der Waals surface area contributed by atoms with E-state index >= 15 is 0 Å². The van der Waals surface area contributed by atoms with Gasteiger partial charge in [-0.2, -0.15) is 10.2 Å². The van der Waals surface area contributed by atoms with Gasteiger partial charge in [0.15, 0.2) is 11.6 Å². The summed E-state index contributed by atoms with van der Waals surface area (Å²) in [5.41, 5.74) is 4.89. The van der Waals surface area contributed by atoms with Crippen LogP contribution in [0.4, 0.5) is 16.0 Å². The number of hydrogen-bond donors (Lipinski definition) is 1. The molecule has 7 nitrogen and oxygen atoms in total. The molecule has 0 saturated heterocycles. The molecule has 31 heavy (non-hydrogen) atoms. The highest BCUT2D eigenvalue weighted by Gasteiger charge is 2.25. The Hall–Kier alpha value is -3.55. The van der Waals surface area contributed by atoms with E-state index in [1.165, 1.54) is 31.3 Å². The van der Waals surface area contributed by atoms with Crippen molar-refractivity contribution in [3.8, 4) is 17.1 Å². The predicted molar refractivity (Wildman–Crippen MR) is 117 cm³/mol. The molecule has 1 aromatic carbocycles. The van der Waals surface area contributed by atoms with E-state index in [9.17, 15) is 4.39 Å². The molecule has 0 amide bonds. The van der Waals surface area contributed by atoms with Crippen molar-refractivity contribution in [2.75, 3.05) is 5.32 Å². The van der Waals surface area contributed by atoms with E-state index in [1.807, 2.05) is 37.6 Å². The van der Waals surface area contributed by atoms with Crippen LogP contribution in [-0.2, 0) is 6.54 Å². The molecule has 1 saturated carbocycles. The van der Waals surface area contributed by atoms with Gasteiger partial charge in [0.25, 0.3) is 0 Å². The third-order valence-corrected chi connectivity index (χ3v) is 5.56. The summed E-state index contributed by atoms with van der Waals surface area (Å²) < 4.78 is 17.3. The smallest absolute Gasteiger partial charge is 0.159 e. The van der Waals surface area contributed by atoms with Crippen LogP contribution in [0, 0.1) is 32.5 Å². The van der Waals surface area contributed by atoms with Gasteiger partial charge in [0.05, 0.1) is 11.4 Å². The van der Waals surface area contributed by atoms with Gasteiger partial charge in [0.2, 0.25) is 0 Å². The van der Waals surface area contributed by atoms with Gasteiger partial charge in [0, 0.05) is 29.4 Å². The monoisotopic (exact) mass is 417 g/mol. The number of aromatic nitrogens is 6. The first kappa shape index (κ1) is 19.4. The van der Waals surface area contributed by atoms with Crippen molar-refractivity contribution >= 4 is 11.6 Å². The van der Waals surface area contributed by atoms with E-state index in [-0.39, 0.29) is 5.82 Å². The fourth-order valence-corrected chi connectivity index (χ4v) is 3.83. The van der Waals surface area contributed by atoms with Crippen LogP contribution in [0.3, 0.4) is 0 Å². The molecule has 0 bridgehead atoms. The van der Waals surface area contributed by atoms with Crippen LogP contribution in [0.25, 0.3) is 17.1 Å². The second-order valence-corrected chi connectivity index (χ2v) is 8.18. The van der Waals surface area contributed by atoms with Gasteiger partial charge < -0.3 is 5.32 Å². The fraction of sp³-hybridized carbons (Fsp3) is 0.304. The molecule has 8 heteroatoms. The first-order valence-electron chi connectivity index (χ1n) is 10.4. The Morgan fingerprint density at radius 2 is 1.81 bits per heavy atom. The molecule has 0 radical (unpaired) electrons. The Labute approximate surface area is 180 Å². The molecular weight excluding hydrogens is 393 g/mol. The molecule has 5 rings (SSSR count). The molecule has 1 aliphatic carbocycles. The minimum absolute atomic E-state index is 0.245. The van der Waals surface area contributed by atoms with Crippen molar-refractivity contribution in [1.29, 1.82) is 0 Å². The van der Waals surface area contributed by atoms with Crippen LogP contribution in [0.15, 0.2) is 42.7 Å². The third kappa shape index (κ3) is 3.93. The first-order valence-corrected chi connectivity index (χ1v) is 10.4. The summed E-state index contributed by atoms with van der Waals surface area (Å²) >= 11 is 0. The number of nitrogens with zero attached hydrogens (tertiary/aromatic N) is 6. The van der Waals surface area contributed by atoms with Crippen LogP contribution in [0.1, 0.15) is 29.8 Å². The van der Waals surface area contributed by atoms with Crippen molar-refractivity contribution in [2.45, 2.75) is 40.2 Å². The molecule has 1 aliphatic rings. The average molecular weight is 417 g/mol. The molecule has 3 aromatic heterocycles. The molecule has 1 fully saturated rings. The molecule has 0 atom stereocenters. The molecule has 0 spiro atoms. The Bertz CT molecular complexity index is 1240. The maximum absolute atomic E-state index is 13.5. The van der Waals surface area contributed by atoms with Crippen molar-refractivity contribution in [3.63, 3.8) is 0 Å². The zero-order valence-corrected chi connectivity index (χ0v) is 17.8. The van der Waals surface area contributed by atoms with Crippen LogP contribution in [0.5, 0.6) is 0 Å². The van der Waals surface area contributed by atoms with Gasteiger partial charge in [-0.15, -0.1) is 0 Å². The summed E-state index contributed by atoms with van der Waals surface area (Å²) in [6.45, 7) is 6.83. The molecular formula is C23H24FN7. The summed E-state index contributed by atoms with van der Waals surface area (Å²) in [5.74, 6) is 2.48. The van der Waals surface area contributed by atoms with Crippen LogP contribution >= 0.6 is 0 Å². The quantitative estimate of drug-likeness (QED) is 0.490. The SMILES string of the molecule is Cc1cc(C)n(-c2cc(Nc3nn(CC4CC4)c(-c4ccc(F)cc4)c3C)ncn2)n1. The van der Waals surface area contributed by atoms with Crippen molar-refractivity contribution in [1.82, 2.24) is 29.5 Å². The molecule has 158 valence electrons. The van der Waals surface area contributed by atoms with Crippen LogP contribution < -0.4 is 5.32 Å². The Kier molecular flexibility index (Phi) is 4.77. The van der Waals surface area contributed by atoms with E-state index < -0.39 is 0 Å². The standard InChI is InChI=1S/C23H24FN7/c1-14-10-15(2)31(28-14)21-11-20(25-13-26-21)27-23-16(3)22(18-6-8-19(24)9-7-18)30(29-23)12-17-4-5-17/h6-11,13,17H,4-5,12H2,1-3H3,(H,25,26,27,29). The van der Waals surface area contributed by atoms with E-state index in [4.69, 9.17) is 5.10 Å². The summed E-state index contributed by atoms with van der Waals surface area (Å²) in [6, 6.07) is 10.4. The topological polar surface area (TPSA) is 73.5 Å². The zero-order valence-electron chi connectivity index (χ0n) is 17.8. The van der Waals surface area contributed by atoms with Gasteiger partial charge in [0.1, 0.15) is 18.0 Å². The Morgan fingerprint density at radius 1 is 1.03 bits per heavy atom. The van der Waals surface area contributed by atoms with E-state index in [1.54, 1.807) is 16.8 Å². The largest absolute Gasteiger partial charge is 0.323 e. The molecule has 0 aliphatic heterocycles. The van der Waals surface area contributed by atoms with E-state index in [0.29, 0.717) is 17.6 Å². The van der Waals surface area contributed by atoms with E-state index in [0.717, 1.165) is 40.6 Å². The minimum Gasteiger partial charge on any atom is -0.323 e. The summed E-state index contributed by atoms with van der Waals surface area (Å²) in [6.07, 6.45) is 3.97. The maximum atomic E-state index is 13.5. The molecule has 4 aromatic rings. The summed E-state index contributed by atoms with van der Waals surface area (Å²) in [4.78, 5) is 8.73. The van der Waals surface area contributed by atoms with E-state index in [2.05, 4.69) is 20.4 Å². The van der Waals surface area contributed by atoms with Gasteiger partial charge >= 0.3 is 0 Å². The van der Waals surface area contributed by atoms with Gasteiger partial charge in [-0.3, -0.25) is 4.68 Å². The predicted octanol–water partition coefficient (Wildman–Crippen LogP) is 4.74. The first-order chi connectivity index (χ1) is 15.0. The minimum atomic E-state index is -0.245. The number of aryl methyl sites for hydroxylation is 2. The molecule has 0 unspecified atom stereocenters. The van der Waals surface area contributed by atoms with Gasteiger partial charge in [-0.1, -0.05) is 0 Å². The van der Waals surface area contributed by atoms with Crippen molar-refractivity contribution in [2.24, 2.45) is 5.92 Å². The van der Waals surface area contributed by atoms with Crippen molar-refractivity contribution in [3.05, 3.63) is 65.5 Å². The summed E-state index contributed by atoms with van der Waals surface area (Å²) in [5, 5.41) is 12.7. The van der Waals surface area contributed by atoms with Crippen LogP contribution in [0.2, 0.25) is 0 Å². The lowest BCUT2D eigenvalue weighted by Gasteiger charge is -2.08.